The third-order valence-corrected chi connectivity index (χ3v) is 2.64. The molecule has 0 radical (unpaired) electrons. The van der Waals surface area contributed by atoms with E-state index >= 15 is 0 Å². The Kier molecular flexibility index (Phi) is 3.71. The number of hydrogen-bond donors (Lipinski definition) is 1. The first-order valence-corrected chi connectivity index (χ1v) is 5.04. The van der Waals surface area contributed by atoms with E-state index in [0.717, 1.165) is 26.1 Å². The smallest absolute Gasteiger partial charge is 0.0675 e. The summed E-state index contributed by atoms with van der Waals surface area (Å²) in [6.07, 6.45) is 1.18. The molecule has 0 saturated carbocycles. The molecular formula is C10H21NO2. The first-order chi connectivity index (χ1) is 6.06. The van der Waals surface area contributed by atoms with Crippen molar-refractivity contribution in [2.75, 3.05) is 26.3 Å². The second-order valence-corrected chi connectivity index (χ2v) is 4.46. The Morgan fingerprint density at radius 2 is 2.23 bits per heavy atom. The van der Waals surface area contributed by atoms with Crippen LogP contribution in [-0.4, -0.2) is 48.0 Å². The average Bonchev–Trinajstić information content (AvgIpc) is 2.07. The lowest BCUT2D eigenvalue weighted by molar-refractivity contribution is -0.0921. The van der Waals surface area contributed by atoms with Gasteiger partial charge in [0, 0.05) is 25.2 Å². The Balaban J connectivity index is 2.46. The number of ether oxygens (including phenoxy) is 1. The molecule has 1 aliphatic rings. The highest BCUT2D eigenvalue weighted by molar-refractivity contribution is 4.86. The van der Waals surface area contributed by atoms with Gasteiger partial charge in [0.15, 0.2) is 0 Å². The molecule has 1 saturated heterocycles. The van der Waals surface area contributed by atoms with Crippen LogP contribution < -0.4 is 0 Å². The van der Waals surface area contributed by atoms with Gasteiger partial charge in [-0.3, -0.25) is 4.90 Å². The van der Waals surface area contributed by atoms with Gasteiger partial charge in [-0.2, -0.15) is 0 Å². The van der Waals surface area contributed by atoms with Crippen LogP contribution in [0, 0.1) is 0 Å². The van der Waals surface area contributed by atoms with Crippen molar-refractivity contribution < 1.29 is 9.84 Å². The van der Waals surface area contributed by atoms with Crippen LogP contribution in [-0.2, 0) is 4.74 Å². The molecule has 3 heteroatoms. The van der Waals surface area contributed by atoms with Gasteiger partial charge in [-0.15, -0.1) is 0 Å². The summed E-state index contributed by atoms with van der Waals surface area (Å²) in [5.41, 5.74) is 0.127. The molecule has 1 rings (SSSR count). The van der Waals surface area contributed by atoms with E-state index in [0.29, 0.717) is 6.10 Å². The van der Waals surface area contributed by atoms with Crippen molar-refractivity contribution in [1.29, 1.82) is 0 Å². The normalized spacial score (nSPS) is 29.1. The predicted molar refractivity (Wildman–Crippen MR) is 52.8 cm³/mol. The predicted octanol–water partition coefficient (Wildman–Crippen LogP) is 0.868. The Hall–Kier alpha value is -0.120. The second kappa shape index (κ2) is 4.40. The lowest BCUT2D eigenvalue weighted by Crippen LogP contribution is -2.55. The van der Waals surface area contributed by atoms with Gasteiger partial charge < -0.3 is 9.84 Å². The van der Waals surface area contributed by atoms with E-state index < -0.39 is 0 Å². The summed E-state index contributed by atoms with van der Waals surface area (Å²) in [5, 5.41) is 8.78. The minimum absolute atomic E-state index is 0.127. The lowest BCUT2D eigenvalue weighted by atomic mass is 10.0. The summed E-state index contributed by atoms with van der Waals surface area (Å²) >= 11 is 0. The van der Waals surface area contributed by atoms with Crippen LogP contribution in [0.25, 0.3) is 0 Å². The third-order valence-electron chi connectivity index (χ3n) is 2.64. The maximum Gasteiger partial charge on any atom is 0.0675 e. The molecule has 1 aliphatic heterocycles. The lowest BCUT2D eigenvalue weighted by Gasteiger charge is -2.44. The molecule has 0 bridgehead atoms. The fourth-order valence-electron chi connectivity index (χ4n) is 1.70. The molecule has 0 aromatic heterocycles. The minimum Gasteiger partial charge on any atom is -0.396 e. The largest absolute Gasteiger partial charge is 0.396 e. The summed E-state index contributed by atoms with van der Waals surface area (Å²) in [7, 11) is 0. The van der Waals surface area contributed by atoms with Crippen LogP contribution in [0.15, 0.2) is 0 Å². The maximum atomic E-state index is 8.78. The quantitative estimate of drug-likeness (QED) is 0.711. The van der Waals surface area contributed by atoms with E-state index in [1.165, 1.54) is 0 Å². The molecule has 3 nitrogen and oxygen atoms in total. The number of aliphatic hydroxyl groups is 1. The fraction of sp³-hybridized carbons (Fsp3) is 1.00. The Bertz CT molecular complexity index is 159. The monoisotopic (exact) mass is 187 g/mol. The second-order valence-electron chi connectivity index (χ2n) is 4.46. The van der Waals surface area contributed by atoms with Gasteiger partial charge in [-0.25, -0.2) is 0 Å². The molecule has 0 aromatic rings. The molecular weight excluding hydrogens is 166 g/mol. The maximum absolute atomic E-state index is 8.78. The van der Waals surface area contributed by atoms with Crippen LogP contribution in [0.2, 0.25) is 0 Å². The van der Waals surface area contributed by atoms with Gasteiger partial charge in [0.1, 0.15) is 0 Å². The Morgan fingerprint density at radius 3 is 2.85 bits per heavy atom. The van der Waals surface area contributed by atoms with Gasteiger partial charge in [0.2, 0.25) is 0 Å². The number of rotatable bonds is 3. The zero-order valence-electron chi connectivity index (χ0n) is 8.92. The summed E-state index contributed by atoms with van der Waals surface area (Å²) in [6.45, 7) is 9.50. The van der Waals surface area contributed by atoms with Crippen molar-refractivity contribution in [1.82, 2.24) is 4.90 Å². The topological polar surface area (TPSA) is 32.7 Å². The number of hydrogen-bond acceptors (Lipinski definition) is 3. The van der Waals surface area contributed by atoms with Crippen molar-refractivity contribution in [3.8, 4) is 0 Å². The first kappa shape index (κ1) is 11.0. The van der Waals surface area contributed by atoms with E-state index in [1.54, 1.807) is 0 Å². The number of nitrogens with zero attached hydrogens (tertiary/aromatic N) is 1. The summed E-state index contributed by atoms with van der Waals surface area (Å²) in [4.78, 5) is 2.40. The molecule has 0 aliphatic carbocycles. The average molecular weight is 187 g/mol. The zero-order chi connectivity index (χ0) is 9.90. The van der Waals surface area contributed by atoms with Gasteiger partial charge in [0.05, 0.1) is 12.7 Å². The van der Waals surface area contributed by atoms with Crippen molar-refractivity contribution in [3.05, 3.63) is 0 Å². The standard InChI is InChI=1S/C10H21NO2/c1-9-7-11(5-4-6-12)10(2,3)8-13-9/h9,12H,4-8H2,1-3H3. The van der Waals surface area contributed by atoms with E-state index in [1.807, 2.05) is 0 Å². The number of morpholine rings is 1. The SMILES string of the molecule is CC1CN(CCCO)C(C)(C)CO1. The molecule has 1 N–H and O–H groups in total. The van der Waals surface area contributed by atoms with Crippen LogP contribution in [0.5, 0.6) is 0 Å². The summed E-state index contributed by atoms with van der Waals surface area (Å²) in [5.74, 6) is 0. The minimum atomic E-state index is 0.127. The molecule has 1 fully saturated rings. The van der Waals surface area contributed by atoms with Gasteiger partial charge >= 0.3 is 0 Å². The zero-order valence-corrected chi connectivity index (χ0v) is 8.92. The van der Waals surface area contributed by atoms with Gasteiger partial charge in [-0.05, 0) is 27.2 Å². The van der Waals surface area contributed by atoms with E-state index in [-0.39, 0.29) is 12.1 Å². The van der Waals surface area contributed by atoms with Gasteiger partial charge in [0.25, 0.3) is 0 Å². The Labute approximate surface area is 80.7 Å². The van der Waals surface area contributed by atoms with E-state index in [4.69, 9.17) is 9.84 Å². The van der Waals surface area contributed by atoms with Crippen LogP contribution in [0.3, 0.4) is 0 Å². The van der Waals surface area contributed by atoms with E-state index in [2.05, 4.69) is 25.7 Å². The fourth-order valence-corrected chi connectivity index (χ4v) is 1.70. The summed E-state index contributed by atoms with van der Waals surface area (Å²) < 4.78 is 5.60. The highest BCUT2D eigenvalue weighted by Crippen LogP contribution is 2.21. The first-order valence-electron chi connectivity index (χ1n) is 5.04. The molecule has 78 valence electrons. The molecule has 13 heavy (non-hydrogen) atoms. The highest BCUT2D eigenvalue weighted by Gasteiger charge is 2.32. The molecule has 1 atom stereocenters. The van der Waals surface area contributed by atoms with Crippen molar-refractivity contribution in [3.63, 3.8) is 0 Å². The Morgan fingerprint density at radius 1 is 1.54 bits per heavy atom. The van der Waals surface area contributed by atoms with Crippen LogP contribution >= 0.6 is 0 Å². The molecule has 0 amide bonds. The van der Waals surface area contributed by atoms with Gasteiger partial charge in [-0.1, -0.05) is 0 Å². The van der Waals surface area contributed by atoms with Crippen molar-refractivity contribution in [2.24, 2.45) is 0 Å². The molecule has 1 unspecified atom stereocenters. The molecule has 0 aromatic carbocycles. The molecule has 0 spiro atoms. The highest BCUT2D eigenvalue weighted by atomic mass is 16.5. The number of aliphatic hydroxyl groups excluding tert-OH is 1. The molecule has 1 heterocycles. The third kappa shape index (κ3) is 2.93. The van der Waals surface area contributed by atoms with Crippen LogP contribution in [0.1, 0.15) is 27.2 Å². The van der Waals surface area contributed by atoms with Crippen LogP contribution in [0.4, 0.5) is 0 Å². The van der Waals surface area contributed by atoms with Crippen molar-refractivity contribution in [2.45, 2.75) is 38.8 Å². The van der Waals surface area contributed by atoms with E-state index in [9.17, 15) is 0 Å². The van der Waals surface area contributed by atoms with Crippen molar-refractivity contribution >= 4 is 0 Å². The summed E-state index contributed by atoms with van der Waals surface area (Å²) in [6, 6.07) is 0.